The van der Waals surface area contributed by atoms with Gasteiger partial charge in [-0.1, -0.05) is 23.7 Å². The van der Waals surface area contributed by atoms with Crippen molar-refractivity contribution in [2.45, 2.75) is 19.9 Å². The molecule has 0 aromatic heterocycles. The first-order valence-electron chi connectivity index (χ1n) is 8.23. The average Bonchev–Trinajstić information content (AvgIpc) is 2.53. The minimum atomic E-state index is 0.0326. The van der Waals surface area contributed by atoms with E-state index in [-0.39, 0.29) is 24.4 Å². The Bertz CT molecular complexity index is 571. The lowest BCUT2D eigenvalue weighted by atomic mass is 10.3. The lowest BCUT2D eigenvalue weighted by Gasteiger charge is -2.34. The van der Waals surface area contributed by atoms with Gasteiger partial charge in [0.1, 0.15) is 0 Å². The summed E-state index contributed by atoms with van der Waals surface area (Å²) in [5, 5.41) is 6.56. The van der Waals surface area contributed by atoms with Crippen molar-refractivity contribution in [3.05, 3.63) is 29.3 Å². The predicted molar refractivity (Wildman–Crippen MR) is 96.2 cm³/mol. The molecular weight excluding hydrogens is 328 g/mol. The molecule has 2 N–H and O–H groups in total. The molecule has 1 saturated heterocycles. The Kier molecular flexibility index (Phi) is 6.87. The Morgan fingerprint density at radius 3 is 2.46 bits per heavy atom. The summed E-state index contributed by atoms with van der Waals surface area (Å²) < 4.78 is 0. The van der Waals surface area contributed by atoms with Gasteiger partial charge in [-0.25, -0.2) is 0 Å². The van der Waals surface area contributed by atoms with Crippen LogP contribution in [-0.4, -0.2) is 66.9 Å². The first-order chi connectivity index (χ1) is 11.5. The molecule has 2 amide bonds. The van der Waals surface area contributed by atoms with Crippen molar-refractivity contribution in [3.63, 3.8) is 0 Å². The van der Waals surface area contributed by atoms with Gasteiger partial charge in [-0.15, -0.1) is 0 Å². The van der Waals surface area contributed by atoms with Gasteiger partial charge in [-0.05, 0) is 26.0 Å². The van der Waals surface area contributed by atoms with E-state index in [9.17, 15) is 9.59 Å². The van der Waals surface area contributed by atoms with E-state index < -0.39 is 0 Å². The van der Waals surface area contributed by atoms with E-state index in [2.05, 4.69) is 15.5 Å². The number of carbonyl (C=O) groups is 2. The quantitative estimate of drug-likeness (QED) is 0.812. The number of carbonyl (C=O) groups excluding carboxylic acids is 2. The number of amides is 2. The molecule has 0 bridgehead atoms. The molecule has 0 saturated carbocycles. The van der Waals surface area contributed by atoms with Crippen LogP contribution in [0, 0.1) is 0 Å². The van der Waals surface area contributed by atoms with Crippen molar-refractivity contribution in [1.29, 1.82) is 0 Å². The van der Waals surface area contributed by atoms with E-state index in [1.807, 2.05) is 36.9 Å². The zero-order valence-electron chi connectivity index (χ0n) is 14.2. The number of halogens is 1. The lowest BCUT2D eigenvalue weighted by molar-refractivity contribution is -0.131. The first kappa shape index (κ1) is 18.5. The molecule has 1 aromatic carbocycles. The monoisotopic (exact) mass is 352 g/mol. The molecule has 132 valence electrons. The van der Waals surface area contributed by atoms with Crippen molar-refractivity contribution < 1.29 is 9.59 Å². The topological polar surface area (TPSA) is 64.7 Å². The Morgan fingerprint density at radius 2 is 1.83 bits per heavy atom. The molecule has 0 radical (unpaired) electrons. The average molecular weight is 353 g/mol. The van der Waals surface area contributed by atoms with E-state index >= 15 is 0 Å². The SMILES string of the molecule is CC(C)NC(=O)CN1CCN(C(=O)CNc2ccccc2Cl)CC1. The van der Waals surface area contributed by atoms with E-state index in [1.54, 1.807) is 6.07 Å². The second-order valence-electron chi connectivity index (χ2n) is 6.21. The van der Waals surface area contributed by atoms with Crippen molar-refractivity contribution in [3.8, 4) is 0 Å². The summed E-state index contributed by atoms with van der Waals surface area (Å²) in [4.78, 5) is 27.9. The van der Waals surface area contributed by atoms with Gasteiger partial charge in [0.15, 0.2) is 0 Å². The summed E-state index contributed by atoms with van der Waals surface area (Å²) in [7, 11) is 0. The number of rotatable bonds is 6. The summed E-state index contributed by atoms with van der Waals surface area (Å²) in [6.07, 6.45) is 0. The van der Waals surface area contributed by atoms with Gasteiger partial charge < -0.3 is 15.5 Å². The molecule has 0 atom stereocenters. The minimum Gasteiger partial charge on any atom is -0.375 e. The maximum Gasteiger partial charge on any atom is 0.241 e. The zero-order chi connectivity index (χ0) is 17.5. The summed E-state index contributed by atoms with van der Waals surface area (Å²) in [5.74, 6) is 0.0753. The Balaban J connectivity index is 1.72. The standard InChI is InChI=1S/C17H25ClN4O2/c1-13(2)20-16(23)12-21-7-9-22(10-8-21)17(24)11-19-15-6-4-3-5-14(15)18/h3-6,13,19H,7-12H2,1-2H3,(H,20,23). The van der Waals surface area contributed by atoms with Crippen LogP contribution in [-0.2, 0) is 9.59 Å². The van der Waals surface area contributed by atoms with Crippen LogP contribution < -0.4 is 10.6 Å². The van der Waals surface area contributed by atoms with Crippen LogP contribution in [0.5, 0.6) is 0 Å². The molecule has 0 unspecified atom stereocenters. The third-order valence-electron chi connectivity index (χ3n) is 3.85. The highest BCUT2D eigenvalue weighted by atomic mass is 35.5. The minimum absolute atomic E-state index is 0.0326. The number of anilines is 1. The number of piperazine rings is 1. The number of nitrogens with zero attached hydrogens (tertiary/aromatic N) is 2. The van der Waals surface area contributed by atoms with Gasteiger partial charge in [-0.2, -0.15) is 0 Å². The third kappa shape index (κ3) is 5.69. The molecule has 24 heavy (non-hydrogen) atoms. The number of benzene rings is 1. The van der Waals surface area contributed by atoms with Gasteiger partial charge in [0.05, 0.1) is 23.8 Å². The van der Waals surface area contributed by atoms with Crippen molar-refractivity contribution in [2.24, 2.45) is 0 Å². The molecule has 0 spiro atoms. The van der Waals surface area contributed by atoms with E-state index in [4.69, 9.17) is 11.6 Å². The Morgan fingerprint density at radius 1 is 1.17 bits per heavy atom. The molecule has 6 nitrogen and oxygen atoms in total. The Labute approximate surface area is 148 Å². The van der Waals surface area contributed by atoms with Gasteiger partial charge in [0.2, 0.25) is 11.8 Å². The van der Waals surface area contributed by atoms with Crippen molar-refractivity contribution in [1.82, 2.24) is 15.1 Å². The normalized spacial score (nSPS) is 15.4. The highest BCUT2D eigenvalue weighted by molar-refractivity contribution is 6.33. The van der Waals surface area contributed by atoms with Crippen LogP contribution in [0.25, 0.3) is 0 Å². The number of nitrogens with one attached hydrogen (secondary N) is 2. The van der Waals surface area contributed by atoms with Crippen LogP contribution in [0.2, 0.25) is 5.02 Å². The second-order valence-corrected chi connectivity index (χ2v) is 6.62. The highest BCUT2D eigenvalue weighted by Crippen LogP contribution is 2.20. The fourth-order valence-electron chi connectivity index (χ4n) is 2.61. The largest absolute Gasteiger partial charge is 0.375 e. The van der Waals surface area contributed by atoms with E-state index in [0.717, 1.165) is 5.69 Å². The third-order valence-corrected chi connectivity index (χ3v) is 4.18. The van der Waals surface area contributed by atoms with Gasteiger partial charge in [0.25, 0.3) is 0 Å². The number of para-hydroxylation sites is 1. The molecule has 0 aliphatic carbocycles. The summed E-state index contributed by atoms with van der Waals surface area (Å²) in [5.41, 5.74) is 0.761. The summed E-state index contributed by atoms with van der Waals surface area (Å²) in [6.45, 7) is 7.19. The maximum absolute atomic E-state index is 12.3. The highest BCUT2D eigenvalue weighted by Gasteiger charge is 2.22. The van der Waals surface area contributed by atoms with Gasteiger partial charge in [0, 0.05) is 32.2 Å². The van der Waals surface area contributed by atoms with Crippen LogP contribution in [0.15, 0.2) is 24.3 Å². The van der Waals surface area contributed by atoms with E-state index in [0.29, 0.717) is 37.7 Å². The van der Waals surface area contributed by atoms with Crippen LogP contribution in [0.4, 0.5) is 5.69 Å². The second kappa shape index (κ2) is 8.89. The van der Waals surface area contributed by atoms with Gasteiger partial charge in [-0.3, -0.25) is 14.5 Å². The molecule has 1 aliphatic rings. The molecular formula is C17H25ClN4O2. The van der Waals surface area contributed by atoms with Crippen molar-refractivity contribution >= 4 is 29.1 Å². The first-order valence-corrected chi connectivity index (χ1v) is 8.61. The van der Waals surface area contributed by atoms with Gasteiger partial charge >= 0.3 is 0 Å². The molecule has 1 fully saturated rings. The number of hydrogen-bond donors (Lipinski definition) is 2. The number of hydrogen-bond acceptors (Lipinski definition) is 4. The van der Waals surface area contributed by atoms with Crippen molar-refractivity contribution in [2.75, 3.05) is 44.6 Å². The van der Waals surface area contributed by atoms with Crippen LogP contribution in [0.1, 0.15) is 13.8 Å². The molecule has 2 rings (SSSR count). The summed E-state index contributed by atoms with van der Waals surface area (Å²) in [6, 6.07) is 7.51. The van der Waals surface area contributed by atoms with E-state index in [1.165, 1.54) is 0 Å². The molecule has 1 aromatic rings. The maximum atomic E-state index is 12.3. The molecule has 7 heteroatoms. The van der Waals surface area contributed by atoms with Crippen LogP contribution in [0.3, 0.4) is 0 Å². The molecule has 1 heterocycles. The Hall–Kier alpha value is -1.79. The summed E-state index contributed by atoms with van der Waals surface area (Å²) >= 11 is 6.07. The van der Waals surface area contributed by atoms with Crippen LogP contribution >= 0.6 is 11.6 Å². The predicted octanol–water partition coefficient (Wildman–Crippen LogP) is 1.42. The zero-order valence-corrected chi connectivity index (χ0v) is 15.0. The smallest absolute Gasteiger partial charge is 0.241 e. The lowest BCUT2D eigenvalue weighted by Crippen LogP contribution is -2.52. The fraction of sp³-hybridized carbons (Fsp3) is 0.529. The molecule has 1 aliphatic heterocycles. The fourth-order valence-corrected chi connectivity index (χ4v) is 2.82.